The Morgan fingerprint density at radius 3 is 2.40 bits per heavy atom. The van der Waals surface area contributed by atoms with Gasteiger partial charge in [-0.1, -0.05) is 0 Å². The van der Waals surface area contributed by atoms with Crippen molar-refractivity contribution in [1.29, 1.82) is 0 Å². The lowest BCUT2D eigenvalue weighted by Crippen LogP contribution is -2.45. The van der Waals surface area contributed by atoms with E-state index >= 15 is 0 Å². The van der Waals surface area contributed by atoms with Crippen LogP contribution in [0.1, 0.15) is 36.8 Å². The zero-order chi connectivity index (χ0) is 22.4. The Morgan fingerprint density at radius 2 is 1.83 bits per heavy atom. The molecule has 2 heterocycles. The van der Waals surface area contributed by atoms with Gasteiger partial charge in [-0.05, 0) is 45.0 Å². The van der Waals surface area contributed by atoms with E-state index in [0.717, 1.165) is 29.4 Å². The van der Waals surface area contributed by atoms with Gasteiger partial charge < -0.3 is 4.74 Å². The largest absolute Gasteiger partial charge is 0.443 e. The Hall–Kier alpha value is -2.88. The maximum atomic E-state index is 13.6. The van der Waals surface area contributed by atoms with Crippen molar-refractivity contribution < 1.29 is 31.5 Å². The molecule has 0 fully saturated rings. The van der Waals surface area contributed by atoms with E-state index in [-0.39, 0.29) is 40.4 Å². The average Bonchev–Trinajstić information content (AvgIpc) is 2.61. The topological polar surface area (TPSA) is 93.6 Å². The van der Waals surface area contributed by atoms with Crippen LogP contribution in [0.4, 0.5) is 13.6 Å². The number of carbonyl (C=O) groups excluding carboxylic acids is 2. The summed E-state index contributed by atoms with van der Waals surface area (Å²) in [6, 6.07) is 4.18. The van der Waals surface area contributed by atoms with Crippen LogP contribution in [0.2, 0.25) is 0 Å². The number of aromatic nitrogens is 1. The Bertz CT molecular complexity index is 1160. The average molecular weight is 438 g/mol. The van der Waals surface area contributed by atoms with Gasteiger partial charge in [-0.15, -0.1) is 0 Å². The third kappa shape index (κ3) is 4.33. The number of rotatable bonds is 2. The molecular formula is C20H20F2N2O5S. The maximum Gasteiger partial charge on any atom is 0.417 e. The quantitative estimate of drug-likeness (QED) is 0.714. The fourth-order valence-electron chi connectivity index (χ4n) is 3.02. The normalized spacial score (nSPS) is 14.5. The van der Waals surface area contributed by atoms with Crippen LogP contribution in [-0.2, 0) is 21.0 Å². The van der Waals surface area contributed by atoms with E-state index in [4.69, 9.17) is 4.74 Å². The Labute approximate surface area is 172 Å². The van der Waals surface area contributed by atoms with Gasteiger partial charge in [0, 0.05) is 24.8 Å². The lowest BCUT2D eigenvalue weighted by atomic mass is 10.0. The minimum atomic E-state index is -3.92. The van der Waals surface area contributed by atoms with Crippen molar-refractivity contribution in [3.05, 3.63) is 47.2 Å². The van der Waals surface area contributed by atoms with Gasteiger partial charge in [-0.2, -0.15) is 0 Å². The van der Waals surface area contributed by atoms with Crippen molar-refractivity contribution >= 4 is 21.8 Å². The van der Waals surface area contributed by atoms with Crippen molar-refractivity contribution in [3.63, 3.8) is 0 Å². The predicted octanol–water partition coefficient (Wildman–Crippen LogP) is 3.36. The number of pyridine rings is 1. The zero-order valence-electron chi connectivity index (χ0n) is 16.8. The summed E-state index contributed by atoms with van der Waals surface area (Å²) in [6.07, 6.45) is 0.111. The molecule has 30 heavy (non-hydrogen) atoms. The van der Waals surface area contributed by atoms with Crippen molar-refractivity contribution in [2.24, 2.45) is 0 Å². The maximum absolute atomic E-state index is 13.6. The predicted molar refractivity (Wildman–Crippen MR) is 104 cm³/mol. The van der Waals surface area contributed by atoms with Gasteiger partial charge in [0.15, 0.2) is 21.5 Å². The van der Waals surface area contributed by atoms with Gasteiger partial charge in [-0.3, -0.25) is 9.78 Å². The van der Waals surface area contributed by atoms with E-state index in [9.17, 15) is 26.8 Å². The number of imide groups is 1. The molecule has 0 saturated carbocycles. The molecule has 0 spiro atoms. The number of ether oxygens (including phenoxy) is 1. The number of benzene rings is 1. The Kier molecular flexibility index (Phi) is 5.40. The lowest BCUT2D eigenvalue weighted by molar-refractivity contribution is 0.0231. The molecule has 0 saturated heterocycles. The minimum Gasteiger partial charge on any atom is -0.443 e. The van der Waals surface area contributed by atoms with E-state index in [2.05, 4.69) is 4.98 Å². The molecule has 0 atom stereocenters. The number of halogens is 2. The number of sulfone groups is 1. The highest BCUT2D eigenvalue weighted by molar-refractivity contribution is 7.90. The molecule has 160 valence electrons. The molecule has 0 bridgehead atoms. The number of nitrogens with zero attached hydrogens (tertiary/aromatic N) is 2. The smallest absolute Gasteiger partial charge is 0.417 e. The van der Waals surface area contributed by atoms with E-state index in [1.54, 1.807) is 20.8 Å². The van der Waals surface area contributed by atoms with Crippen LogP contribution < -0.4 is 0 Å². The summed E-state index contributed by atoms with van der Waals surface area (Å²) < 4.78 is 56.9. The van der Waals surface area contributed by atoms with Crippen LogP contribution >= 0.6 is 0 Å². The van der Waals surface area contributed by atoms with Gasteiger partial charge in [0.1, 0.15) is 5.60 Å². The lowest BCUT2D eigenvalue weighted by Gasteiger charge is -2.30. The molecule has 1 aromatic heterocycles. The molecule has 7 nitrogen and oxygen atoms in total. The number of carbonyl (C=O) groups is 2. The molecule has 1 aliphatic heterocycles. The standard InChI is InChI=1S/C20H20F2N2O5S/c1-20(2,3)29-19(26)24-8-7-14-17(18(24)25)16(30(4,27)28)10-15(23-14)11-5-6-12(21)13(22)9-11/h5-6,9-10H,7-8H2,1-4H3. The highest BCUT2D eigenvalue weighted by atomic mass is 32.2. The molecule has 3 rings (SSSR count). The van der Waals surface area contributed by atoms with Crippen LogP contribution in [0.15, 0.2) is 29.2 Å². The zero-order valence-corrected chi connectivity index (χ0v) is 17.6. The van der Waals surface area contributed by atoms with Crippen LogP contribution in [0.5, 0.6) is 0 Å². The molecule has 2 amide bonds. The monoisotopic (exact) mass is 438 g/mol. The van der Waals surface area contributed by atoms with Crippen molar-refractivity contribution in [2.75, 3.05) is 12.8 Å². The molecule has 0 N–H and O–H groups in total. The first-order valence-corrected chi connectivity index (χ1v) is 10.9. The molecular weight excluding hydrogens is 418 g/mol. The Balaban J connectivity index is 2.13. The number of fused-ring (bicyclic) bond motifs is 1. The second-order valence-corrected chi connectivity index (χ2v) is 9.90. The molecule has 1 aliphatic rings. The molecule has 0 aliphatic carbocycles. The van der Waals surface area contributed by atoms with Crippen LogP contribution in [-0.4, -0.2) is 48.7 Å². The van der Waals surface area contributed by atoms with Gasteiger partial charge >= 0.3 is 6.09 Å². The van der Waals surface area contributed by atoms with Gasteiger partial charge in [0.05, 0.1) is 21.8 Å². The molecule has 1 aromatic carbocycles. The summed E-state index contributed by atoms with van der Waals surface area (Å²) in [6.45, 7) is 4.87. The van der Waals surface area contributed by atoms with E-state index in [1.807, 2.05) is 0 Å². The summed E-state index contributed by atoms with van der Waals surface area (Å²) in [5.74, 6) is -3.00. The SMILES string of the molecule is CC(C)(C)OC(=O)N1CCc2nc(-c3ccc(F)c(F)c3)cc(S(C)(=O)=O)c2C1=O. The van der Waals surface area contributed by atoms with E-state index in [0.29, 0.717) is 0 Å². The summed E-state index contributed by atoms with van der Waals surface area (Å²) in [4.78, 5) is 30.1. The number of hydrogen-bond acceptors (Lipinski definition) is 6. The van der Waals surface area contributed by atoms with E-state index < -0.39 is 39.1 Å². The second kappa shape index (κ2) is 7.42. The number of hydrogen-bond donors (Lipinski definition) is 0. The first-order chi connectivity index (χ1) is 13.8. The number of amides is 2. The van der Waals surface area contributed by atoms with Crippen molar-refractivity contribution in [2.45, 2.75) is 37.7 Å². The summed E-state index contributed by atoms with van der Waals surface area (Å²) >= 11 is 0. The van der Waals surface area contributed by atoms with Crippen LogP contribution in [0.3, 0.4) is 0 Å². The summed E-state index contributed by atoms with van der Waals surface area (Å²) in [5, 5.41) is 0. The molecule has 10 heteroatoms. The fourth-order valence-corrected chi connectivity index (χ4v) is 3.92. The summed E-state index contributed by atoms with van der Waals surface area (Å²) in [7, 11) is -3.92. The van der Waals surface area contributed by atoms with Gasteiger partial charge in [-0.25, -0.2) is 26.9 Å². The summed E-state index contributed by atoms with van der Waals surface area (Å²) in [5.41, 5.74) is -0.676. The first-order valence-electron chi connectivity index (χ1n) is 9.02. The van der Waals surface area contributed by atoms with Gasteiger partial charge in [0.25, 0.3) is 5.91 Å². The molecule has 0 unspecified atom stereocenters. The fraction of sp³-hybridized carbons (Fsp3) is 0.350. The molecule has 2 aromatic rings. The van der Waals surface area contributed by atoms with Crippen LogP contribution in [0, 0.1) is 11.6 Å². The highest BCUT2D eigenvalue weighted by Gasteiger charge is 2.37. The van der Waals surface area contributed by atoms with Crippen molar-refractivity contribution in [1.82, 2.24) is 9.88 Å². The Morgan fingerprint density at radius 1 is 1.17 bits per heavy atom. The molecule has 0 radical (unpaired) electrons. The van der Waals surface area contributed by atoms with E-state index in [1.165, 1.54) is 6.07 Å². The second-order valence-electron chi connectivity index (χ2n) is 7.92. The first kappa shape index (κ1) is 21.8. The van der Waals surface area contributed by atoms with Gasteiger partial charge in [0.2, 0.25) is 0 Å². The third-order valence-electron chi connectivity index (χ3n) is 4.32. The van der Waals surface area contributed by atoms with Crippen molar-refractivity contribution in [3.8, 4) is 11.3 Å². The minimum absolute atomic E-state index is 0.0574. The third-order valence-corrected chi connectivity index (χ3v) is 5.44. The van der Waals surface area contributed by atoms with Crippen LogP contribution in [0.25, 0.3) is 11.3 Å². The highest BCUT2D eigenvalue weighted by Crippen LogP contribution is 2.31.